The van der Waals surface area contributed by atoms with Crippen LogP contribution >= 0.6 is 0 Å². The Morgan fingerprint density at radius 2 is 1.94 bits per heavy atom. The van der Waals surface area contributed by atoms with Crippen LogP contribution in [0, 0.1) is 11.8 Å². The van der Waals surface area contributed by atoms with Crippen LogP contribution in [0.3, 0.4) is 0 Å². The summed E-state index contributed by atoms with van der Waals surface area (Å²) in [6, 6.07) is 0.523. The summed E-state index contributed by atoms with van der Waals surface area (Å²) in [6.07, 6.45) is 2.35. The first-order valence-corrected chi connectivity index (χ1v) is 6.54. The normalized spacial score (nSPS) is 29.0. The summed E-state index contributed by atoms with van der Waals surface area (Å²) < 4.78 is 0. The van der Waals surface area contributed by atoms with Crippen LogP contribution < -0.4 is 0 Å². The minimum Gasteiger partial charge on any atom is -0.322 e. The van der Waals surface area contributed by atoms with Crippen LogP contribution in [-0.2, 0) is 4.79 Å². The van der Waals surface area contributed by atoms with Crippen LogP contribution in [-0.4, -0.2) is 41.0 Å². The molecule has 1 amide bonds. The van der Waals surface area contributed by atoms with Crippen LogP contribution in [0.4, 0.5) is 0 Å². The molecule has 16 heavy (non-hydrogen) atoms. The summed E-state index contributed by atoms with van der Waals surface area (Å²) in [5, 5.41) is 0. The Labute approximate surface area is 98.8 Å². The Kier molecular flexibility index (Phi) is 3.24. The Bertz CT molecular complexity index is 275. The van der Waals surface area contributed by atoms with E-state index in [1.54, 1.807) is 0 Å². The summed E-state index contributed by atoms with van der Waals surface area (Å²) in [7, 11) is 0. The molecule has 0 spiro atoms. The molecular weight excluding hydrogens is 200 g/mol. The molecule has 0 radical (unpaired) electrons. The van der Waals surface area contributed by atoms with E-state index in [1.165, 1.54) is 6.42 Å². The van der Waals surface area contributed by atoms with Gasteiger partial charge in [-0.2, -0.15) is 0 Å². The molecule has 0 aliphatic carbocycles. The molecule has 2 bridgehead atoms. The Morgan fingerprint density at radius 1 is 1.25 bits per heavy atom. The van der Waals surface area contributed by atoms with Crippen molar-refractivity contribution in [2.75, 3.05) is 13.1 Å². The molecule has 2 unspecified atom stereocenters. The zero-order chi connectivity index (χ0) is 11.9. The lowest BCUT2D eigenvalue weighted by Gasteiger charge is -2.41. The van der Waals surface area contributed by atoms with E-state index in [2.05, 4.69) is 37.5 Å². The van der Waals surface area contributed by atoms with E-state index in [0.29, 0.717) is 36.4 Å². The lowest BCUT2D eigenvalue weighted by Crippen LogP contribution is -2.55. The van der Waals surface area contributed by atoms with E-state index in [1.807, 2.05) is 0 Å². The quantitative estimate of drug-likeness (QED) is 0.728. The highest BCUT2D eigenvalue weighted by Crippen LogP contribution is 2.38. The van der Waals surface area contributed by atoms with Crippen molar-refractivity contribution in [2.45, 2.75) is 52.7 Å². The molecule has 0 aromatic rings. The van der Waals surface area contributed by atoms with Gasteiger partial charge in [0.05, 0.1) is 6.17 Å². The SMILES string of the molecule is CC(C)CC(=O)N1C2CC1N(CC(C)C)C2. The van der Waals surface area contributed by atoms with E-state index < -0.39 is 0 Å². The average Bonchev–Trinajstić information content (AvgIpc) is 2.57. The minimum atomic E-state index is 0.363. The van der Waals surface area contributed by atoms with Crippen molar-refractivity contribution in [2.24, 2.45) is 11.8 Å². The highest BCUT2D eigenvalue weighted by molar-refractivity contribution is 5.78. The van der Waals surface area contributed by atoms with Crippen LogP contribution in [0.2, 0.25) is 0 Å². The van der Waals surface area contributed by atoms with Gasteiger partial charge in [0.15, 0.2) is 0 Å². The highest BCUT2D eigenvalue weighted by atomic mass is 16.2. The van der Waals surface area contributed by atoms with Gasteiger partial charge in [0.25, 0.3) is 0 Å². The maximum absolute atomic E-state index is 12.0. The number of carbonyl (C=O) groups is 1. The fourth-order valence-electron chi connectivity index (χ4n) is 2.95. The molecule has 3 heteroatoms. The molecule has 3 aliphatic rings. The van der Waals surface area contributed by atoms with E-state index in [0.717, 1.165) is 13.1 Å². The molecule has 0 aromatic carbocycles. The molecular formula is C13H24N2O. The van der Waals surface area contributed by atoms with Gasteiger partial charge in [0.2, 0.25) is 5.91 Å². The third-order valence-corrected chi connectivity index (χ3v) is 3.53. The van der Waals surface area contributed by atoms with Gasteiger partial charge in [-0.1, -0.05) is 27.7 Å². The molecule has 3 rings (SSSR count). The number of nitrogens with zero attached hydrogens (tertiary/aromatic N) is 2. The third-order valence-electron chi connectivity index (χ3n) is 3.53. The highest BCUT2D eigenvalue weighted by Gasteiger charge is 2.51. The van der Waals surface area contributed by atoms with Crippen molar-refractivity contribution >= 4 is 5.91 Å². The van der Waals surface area contributed by atoms with Gasteiger partial charge < -0.3 is 4.90 Å². The zero-order valence-electron chi connectivity index (χ0n) is 10.9. The van der Waals surface area contributed by atoms with E-state index in [-0.39, 0.29) is 0 Å². The molecule has 3 heterocycles. The summed E-state index contributed by atoms with van der Waals surface area (Å²) >= 11 is 0. The van der Waals surface area contributed by atoms with Gasteiger partial charge in [-0.3, -0.25) is 9.69 Å². The van der Waals surface area contributed by atoms with Crippen molar-refractivity contribution in [3.63, 3.8) is 0 Å². The Hall–Kier alpha value is -0.570. The maximum Gasteiger partial charge on any atom is 0.224 e. The lowest BCUT2D eigenvalue weighted by molar-refractivity contribution is -0.143. The van der Waals surface area contributed by atoms with Crippen molar-refractivity contribution in [3.8, 4) is 0 Å². The number of rotatable bonds is 4. The smallest absolute Gasteiger partial charge is 0.224 e. The van der Waals surface area contributed by atoms with Crippen LogP contribution in [0.5, 0.6) is 0 Å². The van der Waals surface area contributed by atoms with Crippen LogP contribution in [0.15, 0.2) is 0 Å². The molecule has 0 aromatic heterocycles. The monoisotopic (exact) mass is 224 g/mol. The first-order valence-electron chi connectivity index (χ1n) is 6.54. The van der Waals surface area contributed by atoms with Gasteiger partial charge in [-0.15, -0.1) is 0 Å². The summed E-state index contributed by atoms with van der Waals surface area (Å²) in [4.78, 5) is 16.6. The van der Waals surface area contributed by atoms with Crippen molar-refractivity contribution < 1.29 is 4.79 Å². The topological polar surface area (TPSA) is 23.6 Å². The van der Waals surface area contributed by atoms with E-state index in [9.17, 15) is 4.79 Å². The lowest BCUT2D eigenvalue weighted by atomic mass is 10.0. The number of hydrogen-bond acceptors (Lipinski definition) is 2. The second kappa shape index (κ2) is 4.36. The first-order chi connectivity index (χ1) is 7.49. The van der Waals surface area contributed by atoms with E-state index >= 15 is 0 Å². The van der Waals surface area contributed by atoms with Crippen LogP contribution in [0.1, 0.15) is 40.5 Å². The Morgan fingerprint density at radius 3 is 2.50 bits per heavy atom. The number of amides is 1. The van der Waals surface area contributed by atoms with E-state index in [4.69, 9.17) is 0 Å². The molecule has 3 saturated heterocycles. The molecule has 0 saturated carbocycles. The van der Waals surface area contributed by atoms with Gasteiger partial charge in [0, 0.05) is 32.0 Å². The number of carbonyl (C=O) groups excluding carboxylic acids is 1. The number of fused-ring (bicyclic) bond motifs is 1. The number of hydrogen-bond donors (Lipinski definition) is 0. The zero-order valence-corrected chi connectivity index (χ0v) is 10.9. The van der Waals surface area contributed by atoms with Gasteiger partial charge >= 0.3 is 0 Å². The third kappa shape index (κ3) is 2.10. The molecule has 3 aliphatic heterocycles. The molecule has 92 valence electrons. The van der Waals surface area contributed by atoms with Crippen molar-refractivity contribution in [3.05, 3.63) is 0 Å². The fraction of sp³-hybridized carbons (Fsp3) is 0.923. The van der Waals surface area contributed by atoms with Gasteiger partial charge in [-0.05, 0) is 11.8 Å². The van der Waals surface area contributed by atoms with Crippen LogP contribution in [0.25, 0.3) is 0 Å². The van der Waals surface area contributed by atoms with Gasteiger partial charge in [0.1, 0.15) is 0 Å². The molecule has 3 fully saturated rings. The predicted octanol–water partition coefficient (Wildman–Crippen LogP) is 1.93. The second-order valence-corrected chi connectivity index (χ2v) is 6.12. The average molecular weight is 224 g/mol. The maximum atomic E-state index is 12.0. The summed E-state index contributed by atoms with van der Waals surface area (Å²) in [6.45, 7) is 11.0. The van der Waals surface area contributed by atoms with Crippen molar-refractivity contribution in [1.29, 1.82) is 0 Å². The molecule has 2 atom stereocenters. The summed E-state index contributed by atoms with van der Waals surface area (Å²) in [5.74, 6) is 1.54. The standard InChI is InChI=1S/C13H24N2O/c1-9(2)5-13(16)15-11-6-12(15)14(8-11)7-10(3)4/h9-12H,5-8H2,1-4H3. The van der Waals surface area contributed by atoms with Gasteiger partial charge in [-0.25, -0.2) is 0 Å². The molecule has 3 nitrogen and oxygen atoms in total. The molecule has 0 N–H and O–H groups in total. The Balaban J connectivity index is 1.89. The first kappa shape index (κ1) is 11.9. The predicted molar refractivity (Wildman–Crippen MR) is 64.9 cm³/mol. The second-order valence-electron chi connectivity index (χ2n) is 6.12. The minimum absolute atomic E-state index is 0.363. The fourth-order valence-corrected chi connectivity index (χ4v) is 2.95. The van der Waals surface area contributed by atoms with Crippen molar-refractivity contribution in [1.82, 2.24) is 9.80 Å². The summed E-state index contributed by atoms with van der Waals surface area (Å²) in [5.41, 5.74) is 0. The largest absolute Gasteiger partial charge is 0.322 e.